The van der Waals surface area contributed by atoms with Gasteiger partial charge in [-0.2, -0.15) is 0 Å². The molecule has 0 saturated carbocycles. The van der Waals surface area contributed by atoms with Crippen LogP contribution in [0.15, 0.2) is 15.0 Å². The first-order chi connectivity index (χ1) is 10.4. The smallest absolute Gasteiger partial charge is 0.214 e. The highest BCUT2D eigenvalue weighted by molar-refractivity contribution is 6.51. The Morgan fingerprint density at radius 2 is 2.27 bits per heavy atom. The van der Waals surface area contributed by atoms with Crippen molar-refractivity contribution in [1.82, 2.24) is 4.90 Å². The third-order valence-electron chi connectivity index (χ3n) is 4.03. The second-order valence-electron chi connectivity index (χ2n) is 5.37. The summed E-state index contributed by atoms with van der Waals surface area (Å²) < 4.78 is 5.45. The van der Waals surface area contributed by atoms with Crippen molar-refractivity contribution in [3.8, 4) is 0 Å². The second-order valence-corrected chi connectivity index (χ2v) is 5.37. The van der Waals surface area contributed by atoms with E-state index in [0.29, 0.717) is 0 Å². The molecule has 3 rings (SSSR count). The summed E-state index contributed by atoms with van der Waals surface area (Å²) in [7, 11) is 0. The molecule has 3 heterocycles. The van der Waals surface area contributed by atoms with Crippen LogP contribution in [0.3, 0.4) is 0 Å². The highest BCUT2D eigenvalue weighted by atomic mass is 16.6. The Bertz CT molecular complexity index is 590. The molecule has 22 heavy (non-hydrogen) atoms. The zero-order valence-corrected chi connectivity index (χ0v) is 11.8. The number of ether oxygens (including phenoxy) is 1. The molecule has 3 aliphatic rings. The summed E-state index contributed by atoms with van der Waals surface area (Å²) in [6, 6.07) is 0. The lowest BCUT2D eigenvalue weighted by molar-refractivity contribution is -0.119. The first-order valence-electron chi connectivity index (χ1n) is 6.76. The van der Waals surface area contributed by atoms with Crippen LogP contribution in [-0.2, 0) is 9.53 Å². The molecule has 120 valence electrons. The van der Waals surface area contributed by atoms with Gasteiger partial charge >= 0.3 is 0 Å². The molecule has 1 unspecified atom stereocenters. The molecular weight excluding hydrogens is 294 g/mol. The maximum Gasteiger partial charge on any atom is 0.214 e. The minimum Gasteiger partial charge on any atom is -0.394 e. The molecule has 0 aromatic heterocycles. The number of nitrogens with zero attached hydrogens (tertiary/aromatic N) is 4. The van der Waals surface area contributed by atoms with Crippen LogP contribution < -0.4 is 5.73 Å². The lowest BCUT2D eigenvalue weighted by Gasteiger charge is -2.31. The molecular formula is C12H17N5O5. The largest absolute Gasteiger partial charge is 0.394 e. The van der Waals surface area contributed by atoms with Gasteiger partial charge in [0.15, 0.2) is 17.8 Å². The topological polar surface area (TPSA) is 153 Å². The van der Waals surface area contributed by atoms with Crippen LogP contribution >= 0.6 is 0 Å². The van der Waals surface area contributed by atoms with Crippen LogP contribution in [0.25, 0.3) is 0 Å². The van der Waals surface area contributed by atoms with Gasteiger partial charge in [0, 0.05) is 0 Å². The van der Waals surface area contributed by atoms with E-state index in [-0.39, 0.29) is 18.2 Å². The Morgan fingerprint density at radius 1 is 1.55 bits per heavy atom. The van der Waals surface area contributed by atoms with Crippen LogP contribution in [0.4, 0.5) is 0 Å². The van der Waals surface area contributed by atoms with E-state index in [4.69, 9.17) is 15.6 Å². The van der Waals surface area contributed by atoms with E-state index >= 15 is 0 Å². The number of Topliss-reactive ketones (excluding diaryl/α,β-unsaturated/α-hetero) is 1. The standard InChI is InChI=1S/C12H17N5O5/c1-5(19)12(13)9-10(14-3-16-12)17(4-15-9)11-8(21)7(20)6(2-18)22-11/h3,6-8,11,18,20-21H,2,4,13H2,1H3/t6-,7-,8-,11-,12?/m1/s1. The lowest BCUT2D eigenvalue weighted by atomic mass is 9.99. The molecule has 3 aliphatic heterocycles. The van der Waals surface area contributed by atoms with Crippen molar-refractivity contribution in [2.24, 2.45) is 20.7 Å². The number of ketones is 1. The van der Waals surface area contributed by atoms with E-state index in [1.54, 1.807) is 0 Å². The van der Waals surface area contributed by atoms with Gasteiger partial charge in [-0.25, -0.2) is 9.98 Å². The molecule has 10 heteroatoms. The number of hydrogen-bond donors (Lipinski definition) is 4. The molecule has 1 saturated heterocycles. The van der Waals surface area contributed by atoms with Crippen LogP contribution in [0.5, 0.6) is 0 Å². The predicted molar refractivity (Wildman–Crippen MR) is 75.4 cm³/mol. The number of aliphatic imine (C=N–C) groups is 3. The maximum absolute atomic E-state index is 11.8. The van der Waals surface area contributed by atoms with Crippen molar-refractivity contribution >= 4 is 23.7 Å². The van der Waals surface area contributed by atoms with E-state index < -0.39 is 42.6 Å². The predicted octanol–water partition coefficient (Wildman–Crippen LogP) is -3.18. The molecule has 0 bridgehead atoms. The quantitative estimate of drug-likeness (QED) is 0.428. The minimum absolute atomic E-state index is 0.0519. The van der Waals surface area contributed by atoms with Crippen LogP contribution in [0.1, 0.15) is 6.92 Å². The minimum atomic E-state index is -1.61. The molecule has 0 spiro atoms. The van der Waals surface area contributed by atoms with Crippen molar-refractivity contribution in [3.63, 3.8) is 0 Å². The third kappa shape index (κ3) is 2.00. The van der Waals surface area contributed by atoms with Crippen LogP contribution in [0.2, 0.25) is 0 Å². The summed E-state index contributed by atoms with van der Waals surface area (Å²) in [5.41, 5.74) is 4.57. The Morgan fingerprint density at radius 3 is 2.86 bits per heavy atom. The van der Waals surface area contributed by atoms with Gasteiger partial charge in [0.2, 0.25) is 5.66 Å². The number of rotatable bonds is 3. The van der Waals surface area contributed by atoms with Crippen LogP contribution in [0, 0.1) is 0 Å². The summed E-state index contributed by atoms with van der Waals surface area (Å²) in [5, 5.41) is 29.1. The Hall–Kier alpha value is -1.72. The zero-order chi connectivity index (χ0) is 16.1. The highest BCUT2D eigenvalue weighted by Crippen LogP contribution is 2.28. The first kappa shape index (κ1) is 15.2. The van der Waals surface area contributed by atoms with Gasteiger partial charge in [-0.1, -0.05) is 0 Å². The van der Waals surface area contributed by atoms with E-state index in [2.05, 4.69) is 15.0 Å². The molecule has 0 aliphatic carbocycles. The molecule has 0 radical (unpaired) electrons. The van der Waals surface area contributed by atoms with E-state index in [9.17, 15) is 15.0 Å². The third-order valence-corrected chi connectivity index (χ3v) is 4.03. The Kier molecular flexibility index (Phi) is 3.57. The van der Waals surface area contributed by atoms with Crippen molar-refractivity contribution in [2.45, 2.75) is 37.1 Å². The Balaban J connectivity index is 1.88. The molecule has 5 atom stereocenters. The van der Waals surface area contributed by atoms with Crippen molar-refractivity contribution in [1.29, 1.82) is 0 Å². The Labute approximate surface area is 125 Å². The maximum atomic E-state index is 11.8. The normalized spacial score (nSPS) is 40.5. The van der Waals surface area contributed by atoms with E-state index in [1.165, 1.54) is 11.8 Å². The number of hydrogen-bond acceptors (Lipinski definition) is 10. The molecule has 1 fully saturated rings. The lowest BCUT2D eigenvalue weighted by Crippen LogP contribution is -2.59. The van der Waals surface area contributed by atoms with Crippen molar-refractivity contribution < 1.29 is 24.9 Å². The zero-order valence-electron chi connectivity index (χ0n) is 11.8. The number of nitrogens with two attached hydrogens (primary N) is 1. The number of aliphatic hydroxyl groups excluding tert-OH is 3. The van der Waals surface area contributed by atoms with Gasteiger partial charge in [-0.05, 0) is 6.92 Å². The molecule has 0 aromatic carbocycles. The summed E-state index contributed by atoms with van der Waals surface area (Å²) >= 11 is 0. The average Bonchev–Trinajstić information content (AvgIpc) is 3.03. The van der Waals surface area contributed by atoms with Crippen molar-refractivity contribution in [2.75, 3.05) is 13.3 Å². The molecule has 5 N–H and O–H groups in total. The van der Waals surface area contributed by atoms with E-state index in [1.807, 2.05) is 0 Å². The molecule has 10 nitrogen and oxygen atoms in total. The summed E-state index contributed by atoms with van der Waals surface area (Å²) in [4.78, 5) is 25.4. The first-order valence-corrected chi connectivity index (χ1v) is 6.76. The number of amidine groups is 1. The van der Waals surface area contributed by atoms with Gasteiger partial charge < -0.3 is 25.0 Å². The fourth-order valence-electron chi connectivity index (χ4n) is 2.68. The molecule has 0 amide bonds. The summed E-state index contributed by atoms with van der Waals surface area (Å²) in [6.07, 6.45) is -3.17. The average molecular weight is 311 g/mol. The number of carbonyl (C=O) groups excluding carboxylic acids is 1. The van der Waals surface area contributed by atoms with Gasteiger partial charge in [-0.15, -0.1) is 0 Å². The second kappa shape index (κ2) is 5.18. The highest BCUT2D eigenvalue weighted by Gasteiger charge is 2.51. The van der Waals surface area contributed by atoms with E-state index in [0.717, 1.165) is 6.34 Å². The fraction of sp³-hybridized carbons (Fsp3) is 0.667. The molecule has 0 aromatic rings. The van der Waals surface area contributed by atoms with Gasteiger partial charge in [0.05, 0.1) is 6.61 Å². The van der Waals surface area contributed by atoms with Crippen molar-refractivity contribution in [3.05, 3.63) is 0 Å². The monoisotopic (exact) mass is 311 g/mol. The SMILES string of the molecule is CC(=O)C1(N)N=CN=C2C1=NCN2[C@@H]1O[C@H](CO)[C@@H](O)[C@H]1O. The summed E-state index contributed by atoms with van der Waals surface area (Å²) in [6.45, 7) is 0.923. The van der Waals surface area contributed by atoms with Gasteiger partial charge in [0.1, 0.15) is 37.0 Å². The number of fused-ring (bicyclic) bond motifs is 1. The summed E-state index contributed by atoms with van der Waals surface area (Å²) in [5.74, 6) is -0.125. The van der Waals surface area contributed by atoms with Gasteiger partial charge in [0.25, 0.3) is 0 Å². The number of aliphatic hydroxyl groups is 3. The van der Waals surface area contributed by atoms with Crippen LogP contribution in [-0.4, -0.2) is 87.4 Å². The van der Waals surface area contributed by atoms with Gasteiger partial charge in [-0.3, -0.25) is 15.5 Å². The fourth-order valence-corrected chi connectivity index (χ4v) is 2.68. The number of carbonyl (C=O) groups is 1.